The number of aromatic nitrogens is 3. The number of likely N-dealkylation sites (N-methyl/N-ethyl adjacent to an activating group) is 1. The average molecular weight is 534 g/mol. The molecule has 0 saturated carbocycles. The number of carbonyl (C=O) groups excluding carboxylic acids is 2. The first-order valence-corrected chi connectivity index (χ1v) is 11.6. The van der Waals surface area contributed by atoms with E-state index in [-0.39, 0.29) is 17.2 Å². The first-order valence-electron chi connectivity index (χ1n) is 11.6. The number of aliphatic carboxylic acids is 1. The molecule has 13 heteroatoms. The molecular formula is C25H29F2N5O6. The lowest BCUT2D eigenvalue weighted by Gasteiger charge is -2.32. The number of nitrogens with one attached hydrogen (secondary N) is 1. The molecule has 38 heavy (non-hydrogen) atoms. The molecule has 1 aliphatic heterocycles. The van der Waals surface area contributed by atoms with E-state index in [2.05, 4.69) is 33.5 Å². The second-order valence-electron chi connectivity index (χ2n) is 8.29. The van der Waals surface area contributed by atoms with Gasteiger partial charge in [-0.15, -0.1) is 0 Å². The predicted octanol–water partition coefficient (Wildman–Crippen LogP) is 1.86. The summed E-state index contributed by atoms with van der Waals surface area (Å²) in [6.07, 6.45) is 1.58. The largest absolute Gasteiger partial charge is 0.503 e. The maximum atomic E-state index is 14.3. The standard InChI is InChI=1S/C21H25F2N5O2.C3H4O2.CO2/c1-3-15-17-19(29)20(30)18(16-13(22)5-4-6-14(16)23)24-21(17)28(25-15)12-11-27-9-7-26(2)8-10-27;1-2-3(4)5;2-1-3/h4-6,30H,3,7-12H2,1-2H3,(H,24,29);2H,1H2,(H,4,5);. The zero-order chi connectivity index (χ0) is 28.4. The van der Waals surface area contributed by atoms with Gasteiger partial charge in [0.25, 0.3) is 0 Å². The smallest absolute Gasteiger partial charge is 0.373 e. The number of carboxylic acids is 1. The highest BCUT2D eigenvalue weighted by atomic mass is 19.1. The van der Waals surface area contributed by atoms with Crippen LogP contribution in [0.3, 0.4) is 0 Å². The number of carboxylic acid groups (broad SMARTS) is 1. The van der Waals surface area contributed by atoms with E-state index in [1.807, 2.05) is 6.92 Å². The van der Waals surface area contributed by atoms with Crippen LogP contribution in [0.4, 0.5) is 8.78 Å². The van der Waals surface area contributed by atoms with E-state index in [1.54, 1.807) is 4.68 Å². The third-order valence-corrected chi connectivity index (χ3v) is 5.89. The van der Waals surface area contributed by atoms with Crippen molar-refractivity contribution in [2.24, 2.45) is 0 Å². The van der Waals surface area contributed by atoms with E-state index >= 15 is 0 Å². The molecule has 0 unspecified atom stereocenters. The lowest BCUT2D eigenvalue weighted by Crippen LogP contribution is -2.45. The van der Waals surface area contributed by atoms with Gasteiger partial charge in [-0.05, 0) is 25.6 Å². The topological polar surface area (TPSA) is 149 Å². The molecule has 3 heterocycles. The fourth-order valence-electron chi connectivity index (χ4n) is 3.92. The van der Waals surface area contributed by atoms with Gasteiger partial charge >= 0.3 is 12.1 Å². The molecule has 3 aromatic rings. The summed E-state index contributed by atoms with van der Waals surface area (Å²) in [7, 11) is 2.09. The minimum Gasteiger partial charge on any atom is -0.503 e. The number of aromatic amines is 1. The van der Waals surface area contributed by atoms with Crippen molar-refractivity contribution in [3.05, 3.63) is 58.4 Å². The molecule has 0 radical (unpaired) electrons. The number of nitrogens with zero attached hydrogens (tertiary/aromatic N) is 4. The van der Waals surface area contributed by atoms with Crippen molar-refractivity contribution in [1.29, 1.82) is 0 Å². The lowest BCUT2D eigenvalue weighted by molar-refractivity contribution is -0.191. The highest BCUT2D eigenvalue weighted by molar-refractivity contribution is 5.84. The van der Waals surface area contributed by atoms with Gasteiger partial charge in [-0.25, -0.2) is 18.3 Å². The molecule has 0 aliphatic carbocycles. The number of aryl methyl sites for hydroxylation is 1. The monoisotopic (exact) mass is 533 g/mol. The maximum Gasteiger partial charge on any atom is 0.373 e. The van der Waals surface area contributed by atoms with E-state index in [1.165, 1.54) is 6.07 Å². The highest BCUT2D eigenvalue weighted by Crippen LogP contribution is 2.31. The molecular weight excluding hydrogens is 504 g/mol. The van der Waals surface area contributed by atoms with Crippen LogP contribution in [0, 0.1) is 11.6 Å². The zero-order valence-electron chi connectivity index (χ0n) is 21.0. The molecule has 0 amide bonds. The molecule has 1 aromatic carbocycles. The molecule has 0 atom stereocenters. The molecule has 0 spiro atoms. The van der Waals surface area contributed by atoms with E-state index in [0.29, 0.717) is 24.3 Å². The Balaban J connectivity index is 0.000000559. The summed E-state index contributed by atoms with van der Waals surface area (Å²) in [5.74, 6) is -3.41. The SMILES string of the molecule is C=CC(=O)O.CCc1nn(CCN2CCN(C)CC2)c2[nH]c(-c3c(F)cccc3F)c(O)c(=O)c12.O=C=O. The van der Waals surface area contributed by atoms with Crippen LogP contribution in [0.1, 0.15) is 12.6 Å². The van der Waals surface area contributed by atoms with E-state index < -0.39 is 34.3 Å². The molecule has 4 rings (SSSR count). The van der Waals surface area contributed by atoms with Crippen molar-refractivity contribution in [2.75, 3.05) is 39.8 Å². The Kier molecular flexibility index (Phi) is 11.0. The second kappa shape index (κ2) is 13.9. The fourth-order valence-corrected chi connectivity index (χ4v) is 3.92. The van der Waals surface area contributed by atoms with E-state index in [9.17, 15) is 23.5 Å². The van der Waals surface area contributed by atoms with Gasteiger partial charge in [-0.2, -0.15) is 14.7 Å². The normalized spacial score (nSPS) is 13.6. The zero-order valence-corrected chi connectivity index (χ0v) is 21.0. The predicted molar refractivity (Wildman–Crippen MR) is 134 cm³/mol. The number of benzene rings is 1. The molecule has 0 bridgehead atoms. The van der Waals surface area contributed by atoms with Crippen molar-refractivity contribution < 1.29 is 33.4 Å². The summed E-state index contributed by atoms with van der Waals surface area (Å²) in [5, 5.41) is 22.9. The van der Waals surface area contributed by atoms with Crippen LogP contribution in [0.2, 0.25) is 0 Å². The number of hydrogen-bond acceptors (Lipinski definition) is 8. The summed E-state index contributed by atoms with van der Waals surface area (Å²) < 4.78 is 30.3. The Labute approximate surface area is 216 Å². The van der Waals surface area contributed by atoms with Gasteiger partial charge in [0.15, 0.2) is 5.75 Å². The Hall–Kier alpha value is -4.19. The van der Waals surface area contributed by atoms with Gasteiger partial charge in [-0.1, -0.05) is 19.6 Å². The number of rotatable bonds is 6. The summed E-state index contributed by atoms with van der Waals surface area (Å²) in [4.78, 5) is 45.9. The van der Waals surface area contributed by atoms with Crippen molar-refractivity contribution >= 4 is 23.2 Å². The van der Waals surface area contributed by atoms with Gasteiger partial charge in [0, 0.05) is 38.8 Å². The van der Waals surface area contributed by atoms with E-state index in [0.717, 1.165) is 50.9 Å². The van der Waals surface area contributed by atoms with Crippen LogP contribution in [-0.4, -0.2) is 86.7 Å². The molecule has 1 saturated heterocycles. The van der Waals surface area contributed by atoms with E-state index in [4.69, 9.17) is 14.7 Å². The molecule has 3 N–H and O–H groups in total. The van der Waals surface area contributed by atoms with Gasteiger partial charge in [-0.3, -0.25) is 9.69 Å². The fraction of sp³-hybridized carbons (Fsp3) is 0.360. The molecule has 2 aromatic heterocycles. The van der Waals surface area contributed by atoms with Crippen molar-refractivity contribution in [2.45, 2.75) is 19.9 Å². The van der Waals surface area contributed by atoms with Crippen LogP contribution in [0.25, 0.3) is 22.3 Å². The van der Waals surface area contributed by atoms with Crippen LogP contribution < -0.4 is 5.43 Å². The van der Waals surface area contributed by atoms with Gasteiger partial charge in [0.2, 0.25) is 5.43 Å². The molecule has 1 fully saturated rings. The van der Waals surface area contributed by atoms with Crippen molar-refractivity contribution in [3.8, 4) is 17.0 Å². The third kappa shape index (κ3) is 7.19. The number of H-pyrrole nitrogens is 1. The minimum atomic E-state index is -0.981. The van der Waals surface area contributed by atoms with Crippen LogP contribution in [0.15, 0.2) is 35.6 Å². The Bertz CT molecular complexity index is 1350. The lowest BCUT2D eigenvalue weighted by atomic mass is 10.1. The molecule has 204 valence electrons. The summed E-state index contributed by atoms with van der Waals surface area (Å²) in [6, 6.07) is 3.41. The summed E-state index contributed by atoms with van der Waals surface area (Å²) in [5.41, 5.74) is -0.503. The molecule has 1 aliphatic rings. The van der Waals surface area contributed by atoms with Gasteiger partial charge in [0.05, 0.1) is 28.9 Å². The summed E-state index contributed by atoms with van der Waals surface area (Å²) in [6.45, 7) is 9.94. The van der Waals surface area contributed by atoms with Crippen LogP contribution in [0.5, 0.6) is 5.75 Å². The quantitative estimate of drug-likeness (QED) is 0.404. The minimum absolute atomic E-state index is 0.250. The summed E-state index contributed by atoms with van der Waals surface area (Å²) >= 11 is 0. The number of aromatic hydroxyl groups is 1. The highest BCUT2D eigenvalue weighted by Gasteiger charge is 2.24. The number of carbonyl (C=O) groups is 1. The number of halogens is 2. The van der Waals surface area contributed by atoms with Crippen molar-refractivity contribution in [3.63, 3.8) is 0 Å². The van der Waals surface area contributed by atoms with Gasteiger partial charge < -0.3 is 20.1 Å². The Morgan fingerprint density at radius 1 is 1.18 bits per heavy atom. The van der Waals surface area contributed by atoms with Crippen molar-refractivity contribution in [1.82, 2.24) is 24.6 Å². The molecule has 11 nitrogen and oxygen atoms in total. The number of piperazine rings is 1. The Morgan fingerprint density at radius 3 is 2.24 bits per heavy atom. The maximum absolute atomic E-state index is 14.3. The first kappa shape index (κ1) is 30.0. The number of hydrogen-bond donors (Lipinski definition) is 3. The number of fused-ring (bicyclic) bond motifs is 1. The average Bonchev–Trinajstić information content (AvgIpc) is 3.25. The van der Waals surface area contributed by atoms with Crippen LogP contribution in [-0.2, 0) is 27.3 Å². The first-order chi connectivity index (χ1) is 18.1. The third-order valence-electron chi connectivity index (χ3n) is 5.89. The van der Waals surface area contributed by atoms with Crippen LogP contribution >= 0.6 is 0 Å². The Morgan fingerprint density at radius 2 is 1.74 bits per heavy atom. The second-order valence-corrected chi connectivity index (χ2v) is 8.29. The number of pyridine rings is 1. The van der Waals surface area contributed by atoms with Gasteiger partial charge in [0.1, 0.15) is 17.3 Å².